The number of H-pyrrole nitrogens is 1. The van der Waals surface area contributed by atoms with Crippen LogP contribution in [0.2, 0.25) is 0 Å². The van der Waals surface area contributed by atoms with E-state index in [1.54, 1.807) is 6.20 Å². The number of nitrogens with zero attached hydrogens (tertiary/aromatic N) is 1. The molecule has 1 aliphatic rings. The van der Waals surface area contributed by atoms with Crippen LogP contribution in [0.4, 0.5) is 0 Å². The van der Waals surface area contributed by atoms with Gasteiger partial charge in [0.25, 0.3) is 0 Å². The van der Waals surface area contributed by atoms with E-state index in [2.05, 4.69) is 22.2 Å². The lowest BCUT2D eigenvalue weighted by atomic mass is 10.0. The first-order chi connectivity index (χ1) is 6.79. The average molecular weight is 195 g/mol. The monoisotopic (exact) mass is 195 g/mol. The molecule has 1 aliphatic heterocycles. The topological polar surface area (TPSA) is 49.9 Å². The summed E-state index contributed by atoms with van der Waals surface area (Å²) in [5, 5.41) is 3.35. The fraction of sp³-hybridized carbons (Fsp3) is 0.700. The molecule has 14 heavy (non-hydrogen) atoms. The molecule has 0 aliphatic carbocycles. The van der Waals surface area contributed by atoms with Gasteiger partial charge >= 0.3 is 0 Å². The Morgan fingerprint density at radius 3 is 3.29 bits per heavy atom. The summed E-state index contributed by atoms with van der Waals surface area (Å²) >= 11 is 0. The average Bonchev–Trinajstić information content (AvgIpc) is 2.77. The van der Waals surface area contributed by atoms with Gasteiger partial charge in [-0.1, -0.05) is 0 Å². The Hall–Kier alpha value is -0.870. The third-order valence-corrected chi connectivity index (χ3v) is 2.65. The predicted octanol–water partition coefficient (Wildman–Crippen LogP) is 1.07. The minimum Gasteiger partial charge on any atom is -0.374 e. The van der Waals surface area contributed by atoms with Gasteiger partial charge in [-0.2, -0.15) is 0 Å². The lowest BCUT2D eigenvalue weighted by molar-refractivity contribution is 0.0206. The number of aromatic nitrogens is 2. The maximum absolute atomic E-state index is 5.67. The molecule has 2 rings (SSSR count). The molecule has 1 saturated heterocycles. The molecule has 1 unspecified atom stereocenters. The summed E-state index contributed by atoms with van der Waals surface area (Å²) < 4.78 is 5.67. The fourth-order valence-corrected chi connectivity index (χ4v) is 1.82. The van der Waals surface area contributed by atoms with Crippen LogP contribution in [0.5, 0.6) is 0 Å². The van der Waals surface area contributed by atoms with Crippen molar-refractivity contribution in [2.45, 2.75) is 31.9 Å². The molecule has 4 heteroatoms. The summed E-state index contributed by atoms with van der Waals surface area (Å²) in [6, 6.07) is 0. The van der Waals surface area contributed by atoms with Crippen molar-refractivity contribution in [2.75, 3.05) is 13.2 Å². The van der Waals surface area contributed by atoms with E-state index >= 15 is 0 Å². The quantitative estimate of drug-likeness (QED) is 0.755. The third kappa shape index (κ3) is 2.33. The summed E-state index contributed by atoms with van der Waals surface area (Å²) in [7, 11) is 0. The van der Waals surface area contributed by atoms with E-state index in [-0.39, 0.29) is 5.60 Å². The molecule has 1 atom stereocenters. The van der Waals surface area contributed by atoms with E-state index in [0.29, 0.717) is 0 Å². The Balaban J connectivity index is 1.72. The van der Waals surface area contributed by atoms with E-state index < -0.39 is 0 Å². The summed E-state index contributed by atoms with van der Waals surface area (Å²) in [5.74, 6) is 0.978. The van der Waals surface area contributed by atoms with Crippen molar-refractivity contribution in [3.8, 4) is 0 Å². The molecule has 1 fully saturated rings. The number of hydrogen-bond donors (Lipinski definition) is 2. The zero-order valence-electron chi connectivity index (χ0n) is 8.55. The molecule has 0 spiro atoms. The summed E-state index contributed by atoms with van der Waals surface area (Å²) in [5.41, 5.74) is 0.0343. The highest BCUT2D eigenvalue weighted by Crippen LogP contribution is 2.23. The van der Waals surface area contributed by atoms with Gasteiger partial charge in [-0.25, -0.2) is 4.98 Å². The van der Waals surface area contributed by atoms with Crippen molar-refractivity contribution in [3.63, 3.8) is 0 Å². The summed E-state index contributed by atoms with van der Waals surface area (Å²) in [4.78, 5) is 7.20. The van der Waals surface area contributed by atoms with Crippen LogP contribution in [0.25, 0.3) is 0 Å². The summed E-state index contributed by atoms with van der Waals surface area (Å²) in [6.07, 6.45) is 5.94. The molecule has 0 aromatic carbocycles. The molecular formula is C10H17N3O. The van der Waals surface area contributed by atoms with Gasteiger partial charge in [0.2, 0.25) is 0 Å². The molecule has 0 saturated carbocycles. The lowest BCUT2D eigenvalue weighted by Gasteiger charge is -2.23. The standard InChI is InChI=1S/C10H17N3O/c1-10(3-2-6-14-10)8-11-7-9-12-4-5-13-9/h4-5,11H,2-3,6-8H2,1H3,(H,12,13). The number of ether oxygens (including phenoxy) is 1. The van der Waals surface area contributed by atoms with E-state index in [0.717, 1.165) is 31.9 Å². The first-order valence-electron chi connectivity index (χ1n) is 5.11. The Morgan fingerprint density at radius 1 is 1.71 bits per heavy atom. The van der Waals surface area contributed by atoms with Crippen molar-refractivity contribution in [3.05, 3.63) is 18.2 Å². The minimum atomic E-state index is 0.0343. The molecule has 2 heterocycles. The lowest BCUT2D eigenvalue weighted by Crippen LogP contribution is -2.36. The van der Waals surface area contributed by atoms with Gasteiger partial charge in [0.05, 0.1) is 12.1 Å². The highest BCUT2D eigenvalue weighted by molar-refractivity contribution is 4.88. The SMILES string of the molecule is CC1(CNCc2ncc[nH]2)CCCO1. The molecular weight excluding hydrogens is 178 g/mol. The van der Waals surface area contributed by atoms with E-state index in [1.807, 2.05) is 6.20 Å². The van der Waals surface area contributed by atoms with Gasteiger partial charge in [0.1, 0.15) is 5.82 Å². The van der Waals surface area contributed by atoms with E-state index in [4.69, 9.17) is 4.74 Å². The number of rotatable bonds is 4. The number of nitrogens with one attached hydrogen (secondary N) is 2. The Morgan fingerprint density at radius 2 is 2.64 bits per heavy atom. The molecule has 2 N–H and O–H groups in total. The largest absolute Gasteiger partial charge is 0.374 e. The Bertz CT molecular complexity index is 265. The molecule has 1 aromatic rings. The van der Waals surface area contributed by atoms with Crippen LogP contribution < -0.4 is 5.32 Å². The van der Waals surface area contributed by atoms with Crippen molar-refractivity contribution in [1.82, 2.24) is 15.3 Å². The van der Waals surface area contributed by atoms with Crippen molar-refractivity contribution < 1.29 is 4.74 Å². The zero-order chi connectivity index (χ0) is 9.86. The number of aromatic amines is 1. The second-order valence-corrected chi connectivity index (χ2v) is 4.04. The minimum absolute atomic E-state index is 0.0343. The second kappa shape index (κ2) is 4.11. The number of imidazole rings is 1. The normalized spacial score (nSPS) is 26.9. The first kappa shape index (κ1) is 9.68. The van der Waals surface area contributed by atoms with Crippen LogP contribution in [0, 0.1) is 0 Å². The van der Waals surface area contributed by atoms with Crippen molar-refractivity contribution in [2.24, 2.45) is 0 Å². The van der Waals surface area contributed by atoms with Crippen LogP contribution >= 0.6 is 0 Å². The Kier molecular flexibility index (Phi) is 2.84. The zero-order valence-corrected chi connectivity index (χ0v) is 8.55. The summed E-state index contributed by atoms with van der Waals surface area (Å²) in [6.45, 7) is 4.74. The van der Waals surface area contributed by atoms with Crippen LogP contribution in [0.3, 0.4) is 0 Å². The molecule has 0 amide bonds. The van der Waals surface area contributed by atoms with Gasteiger partial charge in [0.15, 0.2) is 0 Å². The number of hydrogen-bond acceptors (Lipinski definition) is 3. The van der Waals surface area contributed by atoms with Crippen LogP contribution in [0.15, 0.2) is 12.4 Å². The van der Waals surface area contributed by atoms with Crippen LogP contribution in [-0.4, -0.2) is 28.7 Å². The van der Waals surface area contributed by atoms with Gasteiger partial charge in [0, 0.05) is 25.5 Å². The predicted molar refractivity (Wildman–Crippen MR) is 53.9 cm³/mol. The maximum atomic E-state index is 5.67. The van der Waals surface area contributed by atoms with Crippen molar-refractivity contribution in [1.29, 1.82) is 0 Å². The van der Waals surface area contributed by atoms with Gasteiger partial charge in [-0.15, -0.1) is 0 Å². The van der Waals surface area contributed by atoms with Crippen LogP contribution in [0.1, 0.15) is 25.6 Å². The highest BCUT2D eigenvalue weighted by atomic mass is 16.5. The highest BCUT2D eigenvalue weighted by Gasteiger charge is 2.28. The first-order valence-corrected chi connectivity index (χ1v) is 5.11. The molecule has 78 valence electrons. The van der Waals surface area contributed by atoms with Gasteiger partial charge in [-0.05, 0) is 19.8 Å². The third-order valence-electron chi connectivity index (χ3n) is 2.65. The molecule has 4 nitrogen and oxygen atoms in total. The molecule has 1 aromatic heterocycles. The molecule has 0 radical (unpaired) electrons. The van der Waals surface area contributed by atoms with E-state index in [1.165, 1.54) is 6.42 Å². The van der Waals surface area contributed by atoms with Gasteiger partial charge in [-0.3, -0.25) is 0 Å². The molecule has 0 bridgehead atoms. The van der Waals surface area contributed by atoms with Crippen molar-refractivity contribution >= 4 is 0 Å². The van der Waals surface area contributed by atoms with Gasteiger partial charge < -0.3 is 15.0 Å². The van der Waals surface area contributed by atoms with Crippen LogP contribution in [-0.2, 0) is 11.3 Å². The van der Waals surface area contributed by atoms with E-state index in [9.17, 15) is 0 Å². The second-order valence-electron chi connectivity index (χ2n) is 4.04. The Labute approximate surface area is 84.1 Å². The smallest absolute Gasteiger partial charge is 0.120 e. The maximum Gasteiger partial charge on any atom is 0.120 e. The fourth-order valence-electron chi connectivity index (χ4n) is 1.82.